The molecule has 5 aliphatic rings. The van der Waals surface area contributed by atoms with Gasteiger partial charge in [0.2, 0.25) is 6.29 Å². The molecule has 2 aliphatic heterocycles. The van der Waals surface area contributed by atoms with Crippen molar-refractivity contribution in [1.29, 1.82) is 0 Å². The third-order valence-electron chi connectivity index (χ3n) is 13.6. The number of halogens is 1. The molecule has 0 spiro atoms. The van der Waals surface area contributed by atoms with Crippen LogP contribution in [0.4, 0.5) is 9.18 Å². The van der Waals surface area contributed by atoms with Gasteiger partial charge in [-0.25, -0.2) is 18.8 Å². The first-order chi connectivity index (χ1) is 29.5. The number of carbonyl (C=O) groups is 4. The number of aliphatic hydroxyl groups excluding tert-OH is 1. The lowest BCUT2D eigenvalue weighted by Gasteiger charge is -2.66. The molecule has 2 saturated heterocycles. The van der Waals surface area contributed by atoms with E-state index in [2.05, 4.69) is 10.3 Å². The number of alkyl carbamates (subject to hydrolysis) is 1. The van der Waals surface area contributed by atoms with Crippen LogP contribution in [0.2, 0.25) is 0 Å². The third kappa shape index (κ3) is 8.59. The van der Waals surface area contributed by atoms with Gasteiger partial charge in [-0.05, 0) is 90.0 Å². The second-order valence-electron chi connectivity index (χ2n) is 19.5. The van der Waals surface area contributed by atoms with E-state index in [0.717, 1.165) is 6.07 Å². The number of aliphatic hydroxyl groups is 2. The summed E-state index contributed by atoms with van der Waals surface area (Å²) in [5, 5.41) is 27.9. The molecule has 344 valence electrons. The van der Waals surface area contributed by atoms with Gasteiger partial charge in [0.1, 0.15) is 47.1 Å². The van der Waals surface area contributed by atoms with Gasteiger partial charge in [0.15, 0.2) is 12.4 Å². The Balaban J connectivity index is 1.36. The van der Waals surface area contributed by atoms with E-state index in [1.54, 1.807) is 58.0 Å². The third-order valence-corrected chi connectivity index (χ3v) is 13.6. The molecular weight excluding hydrogens is 822 g/mol. The standard InChI is InChI=1S/C46H60FN3O13/c1-23-28(58-40(54)35(52)34(33-26(47)17-14-20-48-33)49-42(55)63-43(3,4)5)21-46(56)37(62-39(53)25-15-12-11-13-16-25)32-30-27(59-41(30)57-24(2)51)18-19-45(32,8)38-36(31(23)44(46,6)7)60-29(61-38)22-50(9)10/h11-17,20,27-30,32,34-38,41,52,56H,18-19,21-22H2,1-10H3,(H,49,55). The van der Waals surface area contributed by atoms with E-state index in [-0.39, 0.29) is 12.0 Å². The number of nitrogens with one attached hydrogen (secondary N) is 1. The fourth-order valence-electron chi connectivity index (χ4n) is 10.6. The predicted octanol–water partition coefficient (Wildman–Crippen LogP) is 4.77. The van der Waals surface area contributed by atoms with Crippen LogP contribution in [-0.4, -0.2) is 125 Å². The van der Waals surface area contributed by atoms with Crippen LogP contribution in [0.5, 0.6) is 0 Å². The molecule has 3 aliphatic carbocycles. The molecule has 4 fully saturated rings. The number of amides is 1. The molecule has 2 aromatic rings. The fraction of sp³-hybridized carbons (Fsp3) is 0.630. The van der Waals surface area contributed by atoms with Gasteiger partial charge in [0.25, 0.3) is 0 Å². The zero-order valence-electron chi connectivity index (χ0n) is 37.5. The lowest BCUT2D eigenvalue weighted by Crippen LogP contribution is -2.74. The number of esters is 3. The summed E-state index contributed by atoms with van der Waals surface area (Å²) >= 11 is 0. The number of hydrogen-bond acceptors (Lipinski definition) is 15. The number of likely N-dealkylation sites (N-methyl/N-ethyl adjacent to an activating group) is 1. The average molecular weight is 882 g/mol. The van der Waals surface area contributed by atoms with Crippen LogP contribution in [0.1, 0.15) is 96.7 Å². The maximum absolute atomic E-state index is 15.3. The van der Waals surface area contributed by atoms with Crippen molar-refractivity contribution in [3.8, 4) is 0 Å². The van der Waals surface area contributed by atoms with Crippen LogP contribution in [-0.2, 0) is 42.7 Å². The Morgan fingerprint density at radius 2 is 1.71 bits per heavy atom. The number of aromatic nitrogens is 1. The van der Waals surface area contributed by atoms with E-state index in [1.807, 2.05) is 39.8 Å². The molecule has 0 radical (unpaired) electrons. The van der Waals surface area contributed by atoms with E-state index >= 15 is 4.39 Å². The van der Waals surface area contributed by atoms with Crippen molar-refractivity contribution >= 4 is 24.0 Å². The van der Waals surface area contributed by atoms with Gasteiger partial charge in [-0.2, -0.15) is 0 Å². The Labute approximate surface area is 366 Å². The molecule has 3 N–H and O–H groups in total. The van der Waals surface area contributed by atoms with Crippen LogP contribution in [0, 0.1) is 28.5 Å². The van der Waals surface area contributed by atoms with Crippen molar-refractivity contribution in [2.24, 2.45) is 22.7 Å². The fourth-order valence-corrected chi connectivity index (χ4v) is 10.6. The molecule has 2 bridgehead atoms. The molecule has 7 rings (SSSR count). The van der Waals surface area contributed by atoms with Crippen LogP contribution in [0.25, 0.3) is 0 Å². The Morgan fingerprint density at radius 3 is 2.35 bits per heavy atom. The Kier molecular flexibility index (Phi) is 12.6. The molecule has 2 saturated carbocycles. The Hall–Kier alpha value is -4.52. The first-order valence-electron chi connectivity index (χ1n) is 21.4. The highest BCUT2D eigenvalue weighted by Crippen LogP contribution is 2.66. The van der Waals surface area contributed by atoms with Crippen molar-refractivity contribution in [2.75, 3.05) is 20.6 Å². The van der Waals surface area contributed by atoms with Gasteiger partial charge in [-0.3, -0.25) is 9.78 Å². The molecule has 16 nitrogen and oxygen atoms in total. The molecule has 63 heavy (non-hydrogen) atoms. The number of ether oxygens (including phenoxy) is 7. The quantitative estimate of drug-likeness (QED) is 0.167. The van der Waals surface area contributed by atoms with Gasteiger partial charge in [0.05, 0.1) is 23.7 Å². The lowest BCUT2D eigenvalue weighted by atomic mass is 9.46. The minimum Gasteiger partial charge on any atom is -0.456 e. The number of nitrogens with zero attached hydrogens (tertiary/aromatic N) is 2. The number of pyridine rings is 1. The van der Waals surface area contributed by atoms with Crippen LogP contribution >= 0.6 is 0 Å². The summed E-state index contributed by atoms with van der Waals surface area (Å²) in [4.78, 5) is 60.2. The summed E-state index contributed by atoms with van der Waals surface area (Å²) < 4.78 is 59.2. The van der Waals surface area contributed by atoms with E-state index < -0.39 is 125 Å². The maximum atomic E-state index is 15.3. The van der Waals surface area contributed by atoms with Crippen molar-refractivity contribution in [2.45, 2.75) is 141 Å². The van der Waals surface area contributed by atoms with Crippen molar-refractivity contribution in [1.82, 2.24) is 15.2 Å². The van der Waals surface area contributed by atoms with E-state index in [9.17, 15) is 29.4 Å². The summed E-state index contributed by atoms with van der Waals surface area (Å²) in [6.07, 6.45) is -7.84. The van der Waals surface area contributed by atoms with Crippen LogP contribution < -0.4 is 5.32 Å². The lowest BCUT2D eigenvalue weighted by molar-refractivity contribution is -0.351. The minimum atomic E-state index is -2.23. The number of rotatable bonds is 10. The number of benzene rings is 1. The SMILES string of the molecule is CC(=O)OC1OC2CCC3(C)C4OC(CN(C)C)OC4C4=C(C)C(OC(=O)C(O)C(NC(=O)OC(C)(C)C)c5ncccc5F)CC(O)(C(OC(=O)c5ccccc5)C3C21)C4(C)C. The summed E-state index contributed by atoms with van der Waals surface area (Å²) in [5.41, 5.74) is -4.46. The zero-order chi connectivity index (χ0) is 46.0. The number of hydrogen-bond donors (Lipinski definition) is 3. The molecular formula is C46H60FN3O13. The van der Waals surface area contributed by atoms with Crippen molar-refractivity contribution in [3.63, 3.8) is 0 Å². The number of fused-ring (bicyclic) bond motifs is 8. The van der Waals surface area contributed by atoms with Gasteiger partial charge < -0.3 is 53.6 Å². The topological polar surface area (TPSA) is 202 Å². The molecule has 1 aromatic heterocycles. The zero-order valence-corrected chi connectivity index (χ0v) is 37.5. The van der Waals surface area contributed by atoms with Gasteiger partial charge in [-0.1, -0.05) is 39.0 Å². The van der Waals surface area contributed by atoms with E-state index in [4.69, 9.17) is 33.2 Å². The first kappa shape index (κ1) is 46.5. The Morgan fingerprint density at radius 1 is 1.02 bits per heavy atom. The van der Waals surface area contributed by atoms with Crippen LogP contribution in [0.3, 0.4) is 0 Å². The van der Waals surface area contributed by atoms with Crippen LogP contribution in [0.15, 0.2) is 59.8 Å². The van der Waals surface area contributed by atoms with Gasteiger partial charge >= 0.3 is 24.0 Å². The predicted molar refractivity (Wildman–Crippen MR) is 221 cm³/mol. The van der Waals surface area contributed by atoms with Crippen molar-refractivity contribution < 1.29 is 66.9 Å². The summed E-state index contributed by atoms with van der Waals surface area (Å²) in [7, 11) is 3.77. The highest BCUT2D eigenvalue weighted by Gasteiger charge is 2.73. The summed E-state index contributed by atoms with van der Waals surface area (Å²) in [6, 6.07) is 8.95. The Bertz CT molecular complexity index is 2110. The summed E-state index contributed by atoms with van der Waals surface area (Å²) in [5.74, 6) is -4.88. The maximum Gasteiger partial charge on any atom is 0.408 e. The monoisotopic (exact) mass is 881 g/mol. The van der Waals surface area contributed by atoms with E-state index in [0.29, 0.717) is 30.5 Å². The minimum absolute atomic E-state index is 0.222. The highest BCUT2D eigenvalue weighted by atomic mass is 19.1. The van der Waals surface area contributed by atoms with Gasteiger partial charge in [0, 0.05) is 42.8 Å². The van der Waals surface area contributed by atoms with Gasteiger partial charge in [-0.15, -0.1) is 0 Å². The normalized spacial score (nSPS) is 34.1. The van der Waals surface area contributed by atoms with Crippen molar-refractivity contribution in [3.05, 3.63) is 76.9 Å². The molecule has 1 amide bonds. The second-order valence-corrected chi connectivity index (χ2v) is 19.5. The average Bonchev–Trinajstić information content (AvgIpc) is 3.59. The molecule has 1 aromatic carbocycles. The second kappa shape index (κ2) is 17.1. The molecule has 3 heterocycles. The highest BCUT2D eigenvalue weighted by molar-refractivity contribution is 5.89. The molecule has 13 atom stereocenters. The number of carbonyl (C=O) groups excluding carboxylic acids is 4. The first-order valence-corrected chi connectivity index (χ1v) is 21.4. The smallest absolute Gasteiger partial charge is 0.408 e. The summed E-state index contributed by atoms with van der Waals surface area (Å²) in [6.45, 7) is 13.9. The molecule has 13 unspecified atom stereocenters. The van der Waals surface area contributed by atoms with E-state index in [1.165, 1.54) is 19.2 Å². The molecule has 17 heteroatoms. The largest absolute Gasteiger partial charge is 0.456 e.